The van der Waals surface area contributed by atoms with E-state index in [9.17, 15) is 27.6 Å². The molecule has 2 saturated carbocycles. The van der Waals surface area contributed by atoms with Gasteiger partial charge in [0.2, 0.25) is 27.7 Å². The Kier molecular flexibility index (Phi) is 9.71. The van der Waals surface area contributed by atoms with Crippen LogP contribution < -0.4 is 24.8 Å². The standard InChI is InChI=1S/C32H41N7O8S/c1-2-46-27-17-21(12-14-33-27)47-22-16-26-29(41)36-32(31(43)38-48(44,45)23-10-11-23)18-20(32)8-6-4-3-5-7-9-25(30(42)39(26)19-22)35-28(40)24-13-15-34-37-24/h6,8,12-15,17,20,22-23,25-26H,2-5,7,9-11,16,18-19H2,1H3,(H,34,37)(H,35,40)(H,36,41)(H,38,43)/b8-6+/t20-,22-,25+,26+,32-/m1/s1. The van der Waals surface area contributed by atoms with Gasteiger partial charge in [0, 0.05) is 30.8 Å². The molecule has 0 radical (unpaired) electrons. The molecule has 1 saturated heterocycles. The van der Waals surface area contributed by atoms with Crippen LogP contribution in [0.25, 0.3) is 0 Å². The number of pyridine rings is 1. The second-order valence-corrected chi connectivity index (χ2v) is 14.7. The Hall–Kier alpha value is -4.47. The van der Waals surface area contributed by atoms with Crippen molar-refractivity contribution in [2.75, 3.05) is 13.2 Å². The SMILES string of the molecule is CCOc1cc(O[C@@H]2C[C@H]3C(=O)N[C@]4(C(=O)NS(=O)(=O)C5CC5)C[C@H]4/C=C/CCCCC[C@H](NC(=O)c4ccn[nH]4)C(=O)N3C2)ccn1. The lowest BCUT2D eigenvalue weighted by Crippen LogP contribution is -2.58. The fourth-order valence-corrected chi connectivity index (χ4v) is 7.71. The van der Waals surface area contributed by atoms with E-state index in [1.807, 2.05) is 19.1 Å². The minimum Gasteiger partial charge on any atom is -0.488 e. The van der Waals surface area contributed by atoms with Gasteiger partial charge in [-0.15, -0.1) is 0 Å². The first kappa shape index (κ1) is 33.4. The molecule has 0 aromatic carbocycles. The molecule has 2 aromatic heterocycles. The average molecular weight is 684 g/mol. The van der Waals surface area contributed by atoms with E-state index in [0.29, 0.717) is 50.3 Å². The summed E-state index contributed by atoms with van der Waals surface area (Å²) in [7, 11) is -3.87. The summed E-state index contributed by atoms with van der Waals surface area (Å²) in [4.78, 5) is 60.6. The third kappa shape index (κ3) is 7.48. The quantitative estimate of drug-likeness (QED) is 0.280. The predicted molar refractivity (Wildman–Crippen MR) is 171 cm³/mol. The number of hydrogen-bond donors (Lipinski definition) is 4. The lowest BCUT2D eigenvalue weighted by atomic mass is 10.0. The normalized spacial score (nSPS) is 28.5. The van der Waals surface area contributed by atoms with Gasteiger partial charge in [0.15, 0.2) is 0 Å². The molecular formula is C32H41N7O8S. The monoisotopic (exact) mass is 683 g/mol. The molecular weight excluding hydrogens is 642 g/mol. The third-order valence-corrected chi connectivity index (χ3v) is 11.0. The number of rotatable bonds is 9. The molecule has 3 fully saturated rings. The second-order valence-electron chi connectivity index (χ2n) is 12.8. The molecule has 0 spiro atoms. The van der Waals surface area contributed by atoms with Gasteiger partial charge in [-0.1, -0.05) is 25.0 Å². The molecule has 0 bridgehead atoms. The molecule has 5 atom stereocenters. The van der Waals surface area contributed by atoms with Crippen LogP contribution in [0.1, 0.15) is 75.2 Å². The molecule has 48 heavy (non-hydrogen) atoms. The number of sulfonamides is 1. The Balaban J connectivity index is 1.28. The molecule has 0 unspecified atom stereocenters. The van der Waals surface area contributed by atoms with Gasteiger partial charge in [0.1, 0.15) is 35.2 Å². The molecule has 2 aliphatic carbocycles. The zero-order valence-corrected chi connectivity index (χ0v) is 27.5. The van der Waals surface area contributed by atoms with Gasteiger partial charge < -0.3 is 25.0 Å². The van der Waals surface area contributed by atoms with Crippen LogP contribution >= 0.6 is 0 Å². The van der Waals surface area contributed by atoms with E-state index >= 15 is 0 Å². The number of ether oxygens (including phenoxy) is 2. The van der Waals surface area contributed by atoms with Crippen LogP contribution in [-0.4, -0.2) is 94.3 Å². The maximum atomic E-state index is 14.3. The van der Waals surface area contributed by atoms with Crippen molar-refractivity contribution < 1.29 is 37.1 Å². The van der Waals surface area contributed by atoms with Crippen molar-refractivity contribution in [2.24, 2.45) is 5.92 Å². The zero-order valence-electron chi connectivity index (χ0n) is 26.7. The van der Waals surface area contributed by atoms with Crippen molar-refractivity contribution in [3.8, 4) is 11.6 Å². The molecule has 4 aliphatic rings. The molecule has 2 aromatic rings. The number of hydrogen-bond acceptors (Lipinski definition) is 10. The lowest BCUT2D eigenvalue weighted by molar-refractivity contribution is -0.141. The van der Waals surface area contributed by atoms with Crippen LogP contribution in [-0.2, 0) is 24.4 Å². The van der Waals surface area contributed by atoms with E-state index in [-0.39, 0.29) is 25.1 Å². The molecule has 2 aliphatic heterocycles. The Morgan fingerprint density at radius 1 is 1.12 bits per heavy atom. The van der Waals surface area contributed by atoms with Crippen molar-refractivity contribution in [1.82, 2.24) is 35.4 Å². The molecule has 4 N–H and O–H groups in total. The van der Waals surface area contributed by atoms with Crippen molar-refractivity contribution in [3.05, 3.63) is 48.4 Å². The summed E-state index contributed by atoms with van der Waals surface area (Å²) in [5.74, 6) is -1.97. The smallest absolute Gasteiger partial charge is 0.269 e. The fraction of sp³-hybridized carbons (Fsp3) is 0.562. The van der Waals surface area contributed by atoms with Crippen molar-refractivity contribution >= 4 is 33.7 Å². The van der Waals surface area contributed by atoms with Gasteiger partial charge in [0.25, 0.3) is 11.8 Å². The number of nitrogens with one attached hydrogen (secondary N) is 4. The van der Waals surface area contributed by atoms with E-state index in [4.69, 9.17) is 9.47 Å². The number of amides is 4. The number of carbonyl (C=O) groups is 4. The van der Waals surface area contributed by atoms with Crippen LogP contribution in [0, 0.1) is 5.92 Å². The van der Waals surface area contributed by atoms with Gasteiger partial charge in [-0.25, -0.2) is 13.4 Å². The van der Waals surface area contributed by atoms with E-state index in [1.54, 1.807) is 12.1 Å². The van der Waals surface area contributed by atoms with E-state index in [2.05, 4.69) is 30.5 Å². The van der Waals surface area contributed by atoms with Crippen molar-refractivity contribution in [1.29, 1.82) is 0 Å². The Morgan fingerprint density at radius 2 is 1.96 bits per heavy atom. The van der Waals surface area contributed by atoms with Crippen molar-refractivity contribution in [2.45, 2.75) is 93.7 Å². The number of fused-ring (bicyclic) bond motifs is 2. The van der Waals surface area contributed by atoms with Crippen LogP contribution in [0.4, 0.5) is 0 Å². The highest BCUT2D eigenvalue weighted by atomic mass is 32.2. The molecule has 4 heterocycles. The first-order chi connectivity index (χ1) is 23.1. The molecule has 258 valence electrons. The highest BCUT2D eigenvalue weighted by Crippen LogP contribution is 2.46. The van der Waals surface area contributed by atoms with Crippen LogP contribution in [0.5, 0.6) is 11.6 Å². The number of aromatic nitrogens is 3. The fourth-order valence-electron chi connectivity index (χ4n) is 6.35. The molecule has 6 rings (SSSR count). The summed E-state index contributed by atoms with van der Waals surface area (Å²) in [6, 6.07) is 2.75. The minimum absolute atomic E-state index is 0.0260. The average Bonchev–Trinajstić information content (AvgIpc) is 3.92. The summed E-state index contributed by atoms with van der Waals surface area (Å²) in [6.07, 6.45) is 10.7. The number of H-pyrrole nitrogens is 1. The van der Waals surface area contributed by atoms with Gasteiger partial charge in [-0.05, 0) is 57.6 Å². The summed E-state index contributed by atoms with van der Waals surface area (Å²) in [6.45, 7) is 2.26. The Morgan fingerprint density at radius 3 is 2.71 bits per heavy atom. The number of carbonyl (C=O) groups excluding carboxylic acids is 4. The molecule has 16 heteroatoms. The topological polar surface area (TPSA) is 202 Å². The molecule has 4 amide bonds. The van der Waals surface area contributed by atoms with Crippen LogP contribution in [0.2, 0.25) is 0 Å². The minimum atomic E-state index is -3.87. The number of nitrogens with zero attached hydrogens (tertiary/aromatic N) is 3. The van der Waals surface area contributed by atoms with Gasteiger partial charge in [0.05, 0.1) is 18.4 Å². The molecule has 15 nitrogen and oxygen atoms in total. The second kappa shape index (κ2) is 13.9. The van der Waals surface area contributed by atoms with E-state index in [0.717, 1.165) is 12.8 Å². The lowest BCUT2D eigenvalue weighted by Gasteiger charge is -2.29. The van der Waals surface area contributed by atoms with Gasteiger partial charge in [-0.2, -0.15) is 5.10 Å². The predicted octanol–water partition coefficient (Wildman–Crippen LogP) is 1.35. The largest absolute Gasteiger partial charge is 0.488 e. The first-order valence-corrected chi connectivity index (χ1v) is 18.0. The summed E-state index contributed by atoms with van der Waals surface area (Å²) < 4.78 is 39.3. The maximum absolute atomic E-state index is 14.3. The highest BCUT2D eigenvalue weighted by Gasteiger charge is 2.62. The van der Waals surface area contributed by atoms with E-state index < -0.39 is 68.5 Å². The summed E-state index contributed by atoms with van der Waals surface area (Å²) in [5.41, 5.74) is -1.29. The Bertz CT molecular complexity index is 1660. The van der Waals surface area contributed by atoms with Gasteiger partial charge >= 0.3 is 0 Å². The first-order valence-electron chi connectivity index (χ1n) is 16.5. The third-order valence-electron chi connectivity index (χ3n) is 9.19. The highest BCUT2D eigenvalue weighted by molar-refractivity contribution is 7.91. The Labute approximate surface area is 278 Å². The van der Waals surface area contributed by atoms with Gasteiger partial charge in [-0.3, -0.25) is 29.0 Å². The van der Waals surface area contributed by atoms with E-state index in [1.165, 1.54) is 23.4 Å². The number of aromatic amines is 1. The van der Waals surface area contributed by atoms with Crippen LogP contribution in [0.15, 0.2) is 42.7 Å². The van der Waals surface area contributed by atoms with Crippen LogP contribution in [0.3, 0.4) is 0 Å². The summed E-state index contributed by atoms with van der Waals surface area (Å²) in [5, 5.41) is 11.5. The summed E-state index contributed by atoms with van der Waals surface area (Å²) >= 11 is 0. The maximum Gasteiger partial charge on any atom is 0.269 e. The zero-order chi connectivity index (χ0) is 33.9. The number of allylic oxidation sites excluding steroid dienone is 1. The van der Waals surface area contributed by atoms with Crippen molar-refractivity contribution in [3.63, 3.8) is 0 Å².